The van der Waals surface area contributed by atoms with E-state index in [-0.39, 0.29) is 24.1 Å². The Hall–Kier alpha value is -3.11. The average molecular weight is 473 g/mol. The third-order valence-corrected chi connectivity index (χ3v) is 5.28. The number of nitrogens with zero attached hydrogens (tertiary/aromatic N) is 3. The number of nitrogens with one attached hydrogen (secondary N) is 2. The van der Waals surface area contributed by atoms with E-state index < -0.39 is 0 Å². The maximum atomic E-state index is 11.7. The zero-order valence-electron chi connectivity index (χ0n) is 20.6. The zero-order valence-corrected chi connectivity index (χ0v) is 20.6. The van der Waals surface area contributed by atoms with Crippen LogP contribution in [0.4, 0.5) is 10.6 Å². The summed E-state index contributed by atoms with van der Waals surface area (Å²) >= 11 is 0. The quantitative estimate of drug-likeness (QED) is 0.315. The summed E-state index contributed by atoms with van der Waals surface area (Å²) in [6.07, 6.45) is 0. The van der Waals surface area contributed by atoms with E-state index in [9.17, 15) is 9.90 Å². The molecule has 2 heterocycles. The first-order valence-electron chi connectivity index (χ1n) is 11.6. The zero-order chi connectivity index (χ0) is 24.9. The number of amides is 2. The van der Waals surface area contributed by atoms with Crippen molar-refractivity contribution in [1.29, 1.82) is 0 Å². The van der Waals surface area contributed by atoms with E-state index in [1.54, 1.807) is 0 Å². The number of aliphatic hydroxyl groups excluding tert-OH is 1. The molecule has 0 fully saturated rings. The molecule has 10 heteroatoms. The second kappa shape index (κ2) is 10.9. The lowest BCUT2D eigenvalue weighted by molar-refractivity contribution is 0.115. The number of fused-ring (bicyclic) bond motifs is 3. The molecule has 0 aliphatic rings. The van der Waals surface area contributed by atoms with Crippen LogP contribution in [0.3, 0.4) is 0 Å². The SMILES string of the molecule is CCOCc1nc2c(N)nc3cc(OCCNC(=O)NC(C)C)ccc3c2n1CC(C)(C)CO. The number of urea groups is 1. The number of nitrogen functional groups attached to an aromatic ring is 1. The van der Waals surface area contributed by atoms with Gasteiger partial charge < -0.3 is 35.5 Å². The van der Waals surface area contributed by atoms with Gasteiger partial charge in [0.1, 0.15) is 30.3 Å². The third kappa shape index (κ3) is 6.06. The van der Waals surface area contributed by atoms with Gasteiger partial charge in [0.15, 0.2) is 5.82 Å². The molecule has 2 aromatic heterocycles. The topological polar surface area (TPSA) is 137 Å². The minimum atomic E-state index is -0.364. The van der Waals surface area contributed by atoms with E-state index in [2.05, 4.69) is 20.2 Å². The van der Waals surface area contributed by atoms with Gasteiger partial charge in [-0.3, -0.25) is 0 Å². The number of rotatable bonds is 11. The van der Waals surface area contributed by atoms with Crippen LogP contribution in [0.5, 0.6) is 5.75 Å². The van der Waals surface area contributed by atoms with Crippen LogP contribution in [0.1, 0.15) is 40.4 Å². The Morgan fingerprint density at radius 3 is 2.74 bits per heavy atom. The summed E-state index contributed by atoms with van der Waals surface area (Å²) in [5.74, 6) is 1.69. The Kier molecular flexibility index (Phi) is 8.16. The fraction of sp³-hybridized carbons (Fsp3) is 0.542. The van der Waals surface area contributed by atoms with Gasteiger partial charge in [-0.1, -0.05) is 13.8 Å². The lowest BCUT2D eigenvalue weighted by Crippen LogP contribution is -2.41. The maximum Gasteiger partial charge on any atom is 0.315 e. The summed E-state index contributed by atoms with van der Waals surface area (Å²) in [6.45, 7) is 11.9. The number of anilines is 1. The summed E-state index contributed by atoms with van der Waals surface area (Å²) in [6, 6.07) is 5.48. The van der Waals surface area contributed by atoms with Gasteiger partial charge in [0.25, 0.3) is 0 Å². The summed E-state index contributed by atoms with van der Waals surface area (Å²) < 4.78 is 13.5. The molecule has 1 aromatic carbocycles. The van der Waals surface area contributed by atoms with Crippen molar-refractivity contribution in [1.82, 2.24) is 25.2 Å². The van der Waals surface area contributed by atoms with Crippen LogP contribution >= 0.6 is 0 Å². The number of carbonyl (C=O) groups is 1. The molecule has 0 atom stereocenters. The number of imidazole rings is 1. The second-order valence-electron chi connectivity index (χ2n) is 9.35. The van der Waals surface area contributed by atoms with Gasteiger partial charge in [0.05, 0.1) is 17.6 Å². The van der Waals surface area contributed by atoms with Crippen LogP contribution in [-0.4, -0.2) is 58.1 Å². The molecule has 5 N–H and O–H groups in total. The number of hydrogen-bond acceptors (Lipinski definition) is 7. The molecule has 10 nitrogen and oxygen atoms in total. The van der Waals surface area contributed by atoms with E-state index in [1.165, 1.54) is 0 Å². The lowest BCUT2D eigenvalue weighted by atomic mass is 9.94. The average Bonchev–Trinajstić information content (AvgIpc) is 3.13. The van der Waals surface area contributed by atoms with Gasteiger partial charge in [0.2, 0.25) is 0 Å². The van der Waals surface area contributed by atoms with Crippen LogP contribution in [0, 0.1) is 5.41 Å². The highest BCUT2D eigenvalue weighted by Crippen LogP contribution is 2.33. The normalized spacial score (nSPS) is 12.0. The number of hydrogen-bond donors (Lipinski definition) is 4. The van der Waals surface area contributed by atoms with Crippen LogP contribution < -0.4 is 21.1 Å². The highest BCUT2D eigenvalue weighted by molar-refractivity contribution is 6.07. The molecular formula is C24H36N6O4. The first-order chi connectivity index (χ1) is 16.1. The molecular weight excluding hydrogens is 436 g/mol. The van der Waals surface area contributed by atoms with Gasteiger partial charge in [-0.2, -0.15) is 0 Å². The Balaban J connectivity index is 1.91. The van der Waals surface area contributed by atoms with Gasteiger partial charge in [-0.15, -0.1) is 0 Å². The van der Waals surface area contributed by atoms with Crippen molar-refractivity contribution in [2.24, 2.45) is 5.41 Å². The van der Waals surface area contributed by atoms with Crippen LogP contribution in [0.15, 0.2) is 18.2 Å². The van der Waals surface area contributed by atoms with Gasteiger partial charge >= 0.3 is 6.03 Å². The van der Waals surface area contributed by atoms with Crippen LogP contribution in [-0.2, 0) is 17.9 Å². The standard InChI is InChI=1S/C24H36N6O4/c1-6-33-12-19-29-20-21(30(19)13-24(4,5)14-31)17-8-7-16(11-18(17)28-22(20)25)34-10-9-26-23(32)27-15(2)3/h7-8,11,15,31H,6,9-10,12-14H2,1-5H3,(H2,25,28)(H2,26,27,32). The van der Waals surface area contributed by atoms with E-state index in [0.717, 1.165) is 16.7 Å². The molecule has 0 spiro atoms. The number of pyridine rings is 1. The number of carbonyl (C=O) groups excluding carboxylic acids is 1. The van der Waals surface area contributed by atoms with Crippen LogP contribution in [0.25, 0.3) is 21.9 Å². The highest BCUT2D eigenvalue weighted by atomic mass is 16.5. The highest BCUT2D eigenvalue weighted by Gasteiger charge is 2.24. The van der Waals surface area contributed by atoms with Crippen molar-refractivity contribution in [3.8, 4) is 5.75 Å². The lowest BCUT2D eigenvalue weighted by Gasteiger charge is -2.24. The predicted octanol–water partition coefficient (Wildman–Crippen LogP) is 2.81. The van der Waals surface area contributed by atoms with E-state index >= 15 is 0 Å². The Labute approximate surface area is 199 Å². The molecule has 3 rings (SSSR count). The molecule has 2 amide bonds. The third-order valence-electron chi connectivity index (χ3n) is 5.28. The van der Waals surface area contributed by atoms with E-state index in [0.29, 0.717) is 55.5 Å². The van der Waals surface area contributed by atoms with Gasteiger partial charge in [-0.05, 0) is 32.9 Å². The molecule has 0 radical (unpaired) electrons. The molecule has 0 saturated carbocycles. The molecule has 34 heavy (non-hydrogen) atoms. The maximum absolute atomic E-state index is 11.7. The number of benzene rings is 1. The fourth-order valence-corrected chi connectivity index (χ4v) is 3.63. The van der Waals surface area contributed by atoms with Crippen molar-refractivity contribution >= 4 is 33.8 Å². The fourth-order valence-electron chi connectivity index (χ4n) is 3.63. The summed E-state index contributed by atoms with van der Waals surface area (Å²) in [5, 5.41) is 16.3. The Morgan fingerprint density at radius 1 is 1.29 bits per heavy atom. The van der Waals surface area contributed by atoms with Crippen molar-refractivity contribution in [3.05, 3.63) is 24.0 Å². The smallest absolute Gasteiger partial charge is 0.315 e. The number of nitrogens with two attached hydrogens (primary N) is 1. The molecule has 186 valence electrons. The van der Waals surface area contributed by atoms with E-state index in [4.69, 9.17) is 20.2 Å². The largest absolute Gasteiger partial charge is 0.492 e. The minimum Gasteiger partial charge on any atom is -0.492 e. The number of aliphatic hydroxyl groups is 1. The molecule has 0 bridgehead atoms. The molecule has 3 aromatic rings. The second-order valence-corrected chi connectivity index (χ2v) is 9.35. The van der Waals surface area contributed by atoms with Gasteiger partial charge in [0, 0.05) is 42.7 Å². The number of aromatic nitrogens is 3. The summed E-state index contributed by atoms with van der Waals surface area (Å²) in [5.41, 5.74) is 8.09. The Bertz CT molecular complexity index is 1140. The predicted molar refractivity (Wildman–Crippen MR) is 133 cm³/mol. The first kappa shape index (κ1) is 25.5. The summed E-state index contributed by atoms with van der Waals surface area (Å²) in [4.78, 5) is 21.0. The molecule has 0 unspecified atom stereocenters. The van der Waals surface area contributed by atoms with Crippen molar-refractivity contribution in [3.63, 3.8) is 0 Å². The minimum absolute atomic E-state index is 0.0282. The molecule has 0 aliphatic heterocycles. The van der Waals surface area contributed by atoms with Gasteiger partial charge in [-0.25, -0.2) is 14.8 Å². The van der Waals surface area contributed by atoms with Crippen LogP contribution in [0.2, 0.25) is 0 Å². The first-order valence-corrected chi connectivity index (χ1v) is 11.6. The van der Waals surface area contributed by atoms with Crippen molar-refractivity contribution < 1.29 is 19.4 Å². The monoisotopic (exact) mass is 472 g/mol. The van der Waals surface area contributed by atoms with Crippen molar-refractivity contribution in [2.75, 3.05) is 32.1 Å². The van der Waals surface area contributed by atoms with E-state index in [1.807, 2.05) is 52.8 Å². The molecule has 0 saturated heterocycles. The Morgan fingerprint density at radius 2 is 2.06 bits per heavy atom. The summed E-state index contributed by atoms with van der Waals surface area (Å²) in [7, 11) is 0. The number of ether oxygens (including phenoxy) is 2. The molecule has 0 aliphatic carbocycles. The van der Waals surface area contributed by atoms with Crippen molar-refractivity contribution in [2.45, 2.75) is 53.8 Å².